The summed E-state index contributed by atoms with van der Waals surface area (Å²) in [6.45, 7) is 2.12. The molecule has 1 aliphatic heterocycles. The first kappa shape index (κ1) is 14.0. The van der Waals surface area contributed by atoms with Crippen molar-refractivity contribution in [3.05, 3.63) is 18.2 Å². The van der Waals surface area contributed by atoms with Gasteiger partial charge in [0.1, 0.15) is 11.5 Å². The summed E-state index contributed by atoms with van der Waals surface area (Å²) in [6.07, 6.45) is 5.11. The molecule has 4 heteroatoms. The van der Waals surface area contributed by atoms with Crippen LogP contribution in [0, 0.1) is 0 Å². The fourth-order valence-corrected chi connectivity index (χ4v) is 2.50. The third-order valence-corrected chi connectivity index (χ3v) is 3.63. The van der Waals surface area contributed by atoms with Crippen molar-refractivity contribution in [1.82, 2.24) is 5.32 Å². The van der Waals surface area contributed by atoms with Crippen molar-refractivity contribution in [3.8, 4) is 11.5 Å². The van der Waals surface area contributed by atoms with Crippen molar-refractivity contribution >= 4 is 5.69 Å². The van der Waals surface area contributed by atoms with Crippen molar-refractivity contribution in [2.75, 3.05) is 32.6 Å². The number of anilines is 1. The lowest BCUT2D eigenvalue weighted by molar-refractivity contribution is 0.387. The Labute approximate surface area is 115 Å². The highest BCUT2D eigenvalue weighted by atomic mass is 16.5. The topological polar surface area (TPSA) is 42.5 Å². The highest BCUT2D eigenvalue weighted by molar-refractivity contribution is 5.59. The summed E-state index contributed by atoms with van der Waals surface area (Å²) < 4.78 is 10.6. The first-order valence-corrected chi connectivity index (χ1v) is 7.03. The second-order valence-electron chi connectivity index (χ2n) is 4.93. The normalized spacial score (nSPS) is 18.9. The molecule has 1 aromatic carbocycles. The number of hydrogen-bond donors (Lipinski definition) is 2. The molecule has 2 rings (SSSR count). The average molecular weight is 264 g/mol. The van der Waals surface area contributed by atoms with Gasteiger partial charge in [-0.3, -0.25) is 0 Å². The molecule has 1 saturated heterocycles. The average Bonchev–Trinajstić information content (AvgIpc) is 2.48. The van der Waals surface area contributed by atoms with Gasteiger partial charge in [0.15, 0.2) is 0 Å². The molecular weight excluding hydrogens is 240 g/mol. The highest BCUT2D eigenvalue weighted by Crippen LogP contribution is 2.29. The summed E-state index contributed by atoms with van der Waals surface area (Å²) >= 11 is 0. The van der Waals surface area contributed by atoms with Crippen LogP contribution in [0.5, 0.6) is 11.5 Å². The van der Waals surface area contributed by atoms with Crippen LogP contribution in [0.4, 0.5) is 5.69 Å². The molecule has 2 N–H and O–H groups in total. The van der Waals surface area contributed by atoms with Crippen molar-refractivity contribution in [3.63, 3.8) is 0 Å². The van der Waals surface area contributed by atoms with Crippen LogP contribution >= 0.6 is 0 Å². The zero-order chi connectivity index (χ0) is 13.5. The van der Waals surface area contributed by atoms with E-state index in [-0.39, 0.29) is 0 Å². The van der Waals surface area contributed by atoms with E-state index in [0.29, 0.717) is 6.04 Å². The monoisotopic (exact) mass is 264 g/mol. The van der Waals surface area contributed by atoms with Gasteiger partial charge in [-0.2, -0.15) is 0 Å². The third kappa shape index (κ3) is 4.03. The zero-order valence-corrected chi connectivity index (χ0v) is 11.9. The van der Waals surface area contributed by atoms with Gasteiger partial charge in [0.05, 0.1) is 19.9 Å². The highest BCUT2D eigenvalue weighted by Gasteiger charge is 2.12. The smallest absolute Gasteiger partial charge is 0.145 e. The molecule has 0 amide bonds. The van der Waals surface area contributed by atoms with Crippen molar-refractivity contribution in [1.29, 1.82) is 0 Å². The summed E-state index contributed by atoms with van der Waals surface area (Å²) in [4.78, 5) is 0. The largest absolute Gasteiger partial charge is 0.497 e. The molecule has 0 bridgehead atoms. The van der Waals surface area contributed by atoms with Crippen LogP contribution in [0.25, 0.3) is 0 Å². The lowest BCUT2D eigenvalue weighted by Crippen LogP contribution is -2.35. The second-order valence-corrected chi connectivity index (χ2v) is 4.93. The maximum Gasteiger partial charge on any atom is 0.145 e. The van der Waals surface area contributed by atoms with Crippen LogP contribution in [0.1, 0.15) is 25.7 Å². The fourth-order valence-electron chi connectivity index (χ4n) is 2.50. The Morgan fingerprint density at radius 2 is 2.16 bits per heavy atom. The number of benzene rings is 1. The van der Waals surface area contributed by atoms with Gasteiger partial charge in [-0.05, 0) is 37.9 Å². The Morgan fingerprint density at radius 3 is 2.84 bits per heavy atom. The Bertz CT molecular complexity index is 390. The third-order valence-electron chi connectivity index (χ3n) is 3.63. The summed E-state index contributed by atoms with van der Waals surface area (Å²) in [5.74, 6) is 1.65. The van der Waals surface area contributed by atoms with Gasteiger partial charge in [-0.25, -0.2) is 0 Å². The minimum Gasteiger partial charge on any atom is -0.497 e. The predicted molar refractivity (Wildman–Crippen MR) is 78.3 cm³/mol. The van der Waals surface area contributed by atoms with Gasteiger partial charge in [-0.15, -0.1) is 0 Å². The Morgan fingerprint density at radius 1 is 1.26 bits per heavy atom. The summed E-state index contributed by atoms with van der Waals surface area (Å²) in [5.41, 5.74) is 1.03. The van der Waals surface area contributed by atoms with Gasteiger partial charge >= 0.3 is 0 Å². The quantitative estimate of drug-likeness (QED) is 0.829. The van der Waals surface area contributed by atoms with Crippen molar-refractivity contribution in [2.24, 2.45) is 0 Å². The van der Waals surface area contributed by atoms with Gasteiger partial charge in [0.25, 0.3) is 0 Å². The zero-order valence-electron chi connectivity index (χ0n) is 11.9. The molecule has 1 aromatic rings. The lowest BCUT2D eigenvalue weighted by atomic mass is 10.0. The predicted octanol–water partition coefficient (Wildman–Crippen LogP) is 2.65. The molecule has 1 atom stereocenters. The summed E-state index contributed by atoms with van der Waals surface area (Å²) in [7, 11) is 3.35. The minimum atomic E-state index is 0.658. The van der Waals surface area contributed by atoms with E-state index in [4.69, 9.17) is 9.47 Å². The Balaban J connectivity index is 1.84. The van der Waals surface area contributed by atoms with Gasteiger partial charge < -0.3 is 20.1 Å². The molecule has 0 aliphatic carbocycles. The number of rotatable bonds is 6. The van der Waals surface area contributed by atoms with E-state index in [2.05, 4.69) is 10.6 Å². The Kier molecular flexibility index (Phi) is 5.33. The van der Waals surface area contributed by atoms with Crippen LogP contribution in [0.3, 0.4) is 0 Å². The SMILES string of the molecule is COc1ccc(NCCC2CCCCN2)c(OC)c1. The molecule has 1 unspecified atom stereocenters. The van der Waals surface area contributed by atoms with Crippen LogP contribution in [0.15, 0.2) is 18.2 Å². The first-order valence-electron chi connectivity index (χ1n) is 7.03. The van der Waals surface area contributed by atoms with E-state index in [1.807, 2.05) is 18.2 Å². The number of piperidine rings is 1. The van der Waals surface area contributed by atoms with E-state index in [9.17, 15) is 0 Å². The molecule has 106 valence electrons. The minimum absolute atomic E-state index is 0.658. The maximum atomic E-state index is 5.37. The first-order chi connectivity index (χ1) is 9.33. The van der Waals surface area contributed by atoms with E-state index in [1.165, 1.54) is 19.3 Å². The molecule has 1 aliphatic rings. The standard InChI is InChI=1S/C15H24N2O2/c1-18-13-6-7-14(15(11-13)19-2)17-10-8-12-5-3-4-9-16-12/h6-7,11-12,16-17H,3-5,8-10H2,1-2H3. The molecule has 0 spiro atoms. The molecule has 0 saturated carbocycles. The van der Waals surface area contributed by atoms with Crippen LogP contribution in [0.2, 0.25) is 0 Å². The van der Waals surface area contributed by atoms with Gasteiger partial charge in [-0.1, -0.05) is 6.42 Å². The van der Waals surface area contributed by atoms with Crippen molar-refractivity contribution < 1.29 is 9.47 Å². The number of hydrogen-bond acceptors (Lipinski definition) is 4. The Hall–Kier alpha value is -1.42. The van der Waals surface area contributed by atoms with Crippen LogP contribution in [-0.2, 0) is 0 Å². The fraction of sp³-hybridized carbons (Fsp3) is 0.600. The number of ether oxygens (including phenoxy) is 2. The molecule has 0 aromatic heterocycles. The van der Waals surface area contributed by atoms with E-state index in [1.54, 1.807) is 14.2 Å². The molecule has 19 heavy (non-hydrogen) atoms. The number of nitrogens with one attached hydrogen (secondary N) is 2. The number of methoxy groups -OCH3 is 2. The molecule has 1 fully saturated rings. The molecule has 0 radical (unpaired) electrons. The van der Waals surface area contributed by atoms with Gasteiger partial charge in [0, 0.05) is 18.7 Å². The summed E-state index contributed by atoms with van der Waals surface area (Å²) in [6, 6.07) is 6.52. The van der Waals surface area contributed by atoms with Crippen molar-refractivity contribution in [2.45, 2.75) is 31.7 Å². The second kappa shape index (κ2) is 7.24. The molecular formula is C15H24N2O2. The van der Waals surface area contributed by atoms with E-state index >= 15 is 0 Å². The molecule has 4 nitrogen and oxygen atoms in total. The summed E-state index contributed by atoms with van der Waals surface area (Å²) in [5, 5.41) is 7.00. The molecule has 1 heterocycles. The van der Waals surface area contributed by atoms with E-state index < -0.39 is 0 Å². The lowest BCUT2D eigenvalue weighted by Gasteiger charge is -2.23. The van der Waals surface area contributed by atoms with Crippen LogP contribution < -0.4 is 20.1 Å². The maximum absolute atomic E-state index is 5.37. The van der Waals surface area contributed by atoms with Crippen LogP contribution in [-0.4, -0.2) is 33.4 Å². The van der Waals surface area contributed by atoms with Gasteiger partial charge in [0.2, 0.25) is 0 Å². The van der Waals surface area contributed by atoms with E-state index in [0.717, 1.165) is 36.7 Å².